The summed E-state index contributed by atoms with van der Waals surface area (Å²) in [6, 6.07) is -1.59. The first-order chi connectivity index (χ1) is 9.78. The van der Waals surface area contributed by atoms with E-state index in [0.717, 1.165) is 0 Å². The first-order valence-electron chi connectivity index (χ1n) is 7.18. The molecular formula is C12H15BF3NO2. The monoisotopic (exact) mass is 276 g/mol. The highest BCUT2D eigenvalue weighted by molar-refractivity contribution is 6.62. The maximum absolute atomic E-state index is 12.9. The molecule has 2 heterocycles. The van der Waals surface area contributed by atoms with Crippen LogP contribution < -0.4 is 5.46 Å². The fourth-order valence-corrected chi connectivity index (χ4v) is 1.54. The van der Waals surface area contributed by atoms with Crippen LogP contribution >= 0.6 is 0 Å². The number of pyridine rings is 1. The zero-order valence-corrected chi connectivity index (χ0v) is 11.0. The normalized spacial score (nSPS) is 23.9. The summed E-state index contributed by atoms with van der Waals surface area (Å²) in [6.07, 6.45) is -5.76. The fraction of sp³-hybridized carbons (Fsp3) is 0.583. The molecule has 0 bridgehead atoms. The van der Waals surface area contributed by atoms with Gasteiger partial charge >= 0.3 is 13.3 Å². The molecule has 0 aromatic carbocycles. The van der Waals surface area contributed by atoms with Crippen LogP contribution in [0, 0.1) is 0 Å². The smallest absolute Gasteiger partial charge is 0.399 e. The van der Waals surface area contributed by atoms with Crippen molar-refractivity contribution >= 4 is 12.6 Å². The Balaban J connectivity index is 2.60. The van der Waals surface area contributed by atoms with E-state index in [2.05, 4.69) is 4.98 Å². The molecule has 0 aliphatic carbocycles. The number of halogens is 3. The molecule has 19 heavy (non-hydrogen) atoms. The predicted molar refractivity (Wildman–Crippen MR) is 65.0 cm³/mol. The highest BCUT2D eigenvalue weighted by Crippen LogP contribution is 2.36. The van der Waals surface area contributed by atoms with Crippen LogP contribution in [0.3, 0.4) is 0 Å². The Bertz CT molecular complexity index is 607. The zero-order chi connectivity index (χ0) is 17.1. The highest BCUT2D eigenvalue weighted by atomic mass is 19.4. The molecule has 1 aliphatic rings. The van der Waals surface area contributed by atoms with Crippen LogP contribution in [0.1, 0.15) is 37.5 Å². The van der Waals surface area contributed by atoms with Gasteiger partial charge in [0.25, 0.3) is 0 Å². The average molecular weight is 276 g/mol. The second-order valence-electron chi connectivity index (χ2n) is 5.32. The van der Waals surface area contributed by atoms with E-state index >= 15 is 0 Å². The molecule has 0 amide bonds. The second kappa shape index (κ2) is 4.21. The number of nitrogens with zero attached hydrogens (tertiary/aromatic N) is 1. The summed E-state index contributed by atoms with van der Waals surface area (Å²) < 4.78 is 72.9. The molecule has 0 unspecified atom stereocenters. The van der Waals surface area contributed by atoms with Crippen LogP contribution in [0.15, 0.2) is 18.3 Å². The van der Waals surface area contributed by atoms with Gasteiger partial charge in [0.05, 0.1) is 15.3 Å². The van der Waals surface area contributed by atoms with Crippen LogP contribution in [0.4, 0.5) is 13.2 Å². The van der Waals surface area contributed by atoms with Crippen molar-refractivity contribution in [3.05, 3.63) is 24.0 Å². The van der Waals surface area contributed by atoms with E-state index in [0.29, 0.717) is 0 Å². The molecule has 0 atom stereocenters. The Morgan fingerprint density at radius 2 is 1.74 bits per heavy atom. The van der Waals surface area contributed by atoms with Gasteiger partial charge in [0, 0.05) is 6.17 Å². The van der Waals surface area contributed by atoms with Gasteiger partial charge in [0.15, 0.2) is 0 Å². The summed E-state index contributed by atoms with van der Waals surface area (Å²) >= 11 is 0. The topological polar surface area (TPSA) is 31.4 Å². The summed E-state index contributed by atoms with van der Waals surface area (Å²) in [5, 5.41) is 0. The van der Waals surface area contributed by atoms with E-state index in [-0.39, 0.29) is 0 Å². The number of hydrogen-bond acceptors (Lipinski definition) is 3. The summed E-state index contributed by atoms with van der Waals surface area (Å²) in [5.74, 6) is 0. The molecule has 0 radical (unpaired) electrons. The summed E-state index contributed by atoms with van der Waals surface area (Å²) in [4.78, 5) is 3.00. The van der Waals surface area contributed by atoms with Gasteiger partial charge in [-0.3, -0.25) is 4.98 Å². The molecule has 3 nitrogen and oxygen atoms in total. The Hall–Kier alpha value is -1.08. The van der Waals surface area contributed by atoms with Gasteiger partial charge < -0.3 is 9.31 Å². The molecule has 2 rings (SSSR count). The molecule has 0 saturated carbocycles. The van der Waals surface area contributed by atoms with Crippen molar-refractivity contribution in [2.45, 2.75) is 45.1 Å². The van der Waals surface area contributed by atoms with Crippen molar-refractivity contribution in [1.82, 2.24) is 4.98 Å². The summed E-state index contributed by atoms with van der Waals surface area (Å²) in [5.41, 5.74) is -3.61. The van der Waals surface area contributed by atoms with Gasteiger partial charge in [-0.15, -0.1) is 0 Å². The molecule has 0 spiro atoms. The fourth-order valence-electron chi connectivity index (χ4n) is 1.54. The van der Waals surface area contributed by atoms with Gasteiger partial charge in [-0.05, 0) is 45.2 Å². The van der Waals surface area contributed by atoms with Gasteiger partial charge in [-0.2, -0.15) is 13.2 Å². The van der Waals surface area contributed by atoms with Crippen molar-refractivity contribution in [2.24, 2.45) is 0 Å². The summed E-state index contributed by atoms with van der Waals surface area (Å²) in [7, 11) is -1.32. The third-order valence-corrected chi connectivity index (χ3v) is 3.37. The lowest BCUT2D eigenvalue weighted by molar-refractivity contribution is -0.141. The van der Waals surface area contributed by atoms with E-state index in [1.165, 1.54) is 0 Å². The Morgan fingerprint density at radius 1 is 1.21 bits per heavy atom. The molecule has 1 saturated heterocycles. The molecular weight excluding hydrogens is 258 g/mol. The molecule has 7 heteroatoms. The van der Waals surface area contributed by atoms with E-state index in [9.17, 15) is 13.2 Å². The predicted octanol–water partition coefficient (Wildman–Crippen LogP) is 2.40. The Morgan fingerprint density at radius 3 is 2.21 bits per heavy atom. The maximum atomic E-state index is 12.9. The SMILES string of the molecule is [2H]c1nc(C(F)(F)F)c([2H])c(B2OC(C)(C)C(C)(C)O2)c1[2H]. The third-order valence-electron chi connectivity index (χ3n) is 3.37. The molecule has 1 aliphatic heterocycles. The average Bonchev–Trinajstić information content (AvgIpc) is 2.51. The Labute approximate surface area is 114 Å². The lowest BCUT2D eigenvalue weighted by Crippen LogP contribution is -2.41. The first-order valence-corrected chi connectivity index (χ1v) is 5.68. The molecule has 1 aromatic heterocycles. The summed E-state index contributed by atoms with van der Waals surface area (Å²) in [6.45, 7) is 6.81. The van der Waals surface area contributed by atoms with Crippen LogP contribution in [-0.4, -0.2) is 23.3 Å². The minimum Gasteiger partial charge on any atom is -0.399 e. The highest BCUT2D eigenvalue weighted by Gasteiger charge is 2.52. The van der Waals surface area contributed by atoms with Crippen LogP contribution in [-0.2, 0) is 15.5 Å². The Kier molecular flexibility index (Phi) is 2.37. The minimum atomic E-state index is -4.89. The lowest BCUT2D eigenvalue weighted by atomic mass is 9.79. The number of aromatic nitrogens is 1. The molecule has 104 valence electrons. The third kappa shape index (κ3) is 2.62. The van der Waals surface area contributed by atoms with E-state index in [1.54, 1.807) is 27.7 Å². The quantitative estimate of drug-likeness (QED) is 0.738. The van der Waals surface area contributed by atoms with Gasteiger partial charge in [-0.25, -0.2) is 0 Å². The van der Waals surface area contributed by atoms with Crippen LogP contribution in [0.5, 0.6) is 0 Å². The number of hydrogen-bond donors (Lipinski definition) is 0. The largest absolute Gasteiger partial charge is 0.494 e. The molecule has 1 aromatic rings. The second-order valence-corrected chi connectivity index (χ2v) is 5.32. The van der Waals surface area contributed by atoms with Gasteiger partial charge in [0.2, 0.25) is 0 Å². The van der Waals surface area contributed by atoms with E-state index in [1.807, 2.05) is 0 Å². The van der Waals surface area contributed by atoms with E-state index < -0.39 is 53.9 Å². The van der Waals surface area contributed by atoms with Crippen LogP contribution in [0.2, 0.25) is 0 Å². The van der Waals surface area contributed by atoms with Crippen molar-refractivity contribution < 1.29 is 26.6 Å². The minimum absolute atomic E-state index is 0.425. The zero-order valence-electron chi connectivity index (χ0n) is 14.0. The standard InChI is InChI=1S/C12H15BF3NO2/c1-10(2)11(3,4)19-13(18-10)8-5-6-17-9(7-8)12(14,15)16/h5-7H,1-4H3/i5D,6D,7D. The lowest BCUT2D eigenvalue weighted by Gasteiger charge is -2.32. The van der Waals surface area contributed by atoms with Crippen LogP contribution in [0.25, 0.3) is 0 Å². The van der Waals surface area contributed by atoms with Crippen molar-refractivity contribution in [1.29, 1.82) is 0 Å². The van der Waals surface area contributed by atoms with Gasteiger partial charge in [-0.1, -0.05) is 0 Å². The first kappa shape index (κ1) is 10.7. The van der Waals surface area contributed by atoms with Crippen molar-refractivity contribution in [3.8, 4) is 0 Å². The molecule has 0 N–H and O–H groups in total. The van der Waals surface area contributed by atoms with Gasteiger partial charge in [0.1, 0.15) is 5.69 Å². The number of rotatable bonds is 1. The molecule has 1 fully saturated rings. The number of alkyl halides is 3. The van der Waals surface area contributed by atoms with E-state index in [4.69, 9.17) is 13.4 Å². The maximum Gasteiger partial charge on any atom is 0.494 e. The van der Waals surface area contributed by atoms with Crippen molar-refractivity contribution in [3.63, 3.8) is 0 Å². The van der Waals surface area contributed by atoms with Crippen molar-refractivity contribution in [2.75, 3.05) is 0 Å².